The van der Waals surface area contributed by atoms with E-state index in [1.807, 2.05) is 0 Å². The molecule has 2 amide bonds. The molecule has 6 heteroatoms. The molecule has 3 N–H and O–H groups in total. The zero-order valence-electron chi connectivity index (χ0n) is 10.4. The van der Waals surface area contributed by atoms with Crippen molar-refractivity contribution in [3.8, 4) is 0 Å². The average Bonchev–Trinajstić information content (AvgIpc) is 2.18. The van der Waals surface area contributed by atoms with Gasteiger partial charge in [0.2, 0.25) is 0 Å². The maximum Gasteiger partial charge on any atom is 0.335 e. The Morgan fingerprint density at radius 3 is 2.39 bits per heavy atom. The number of urea groups is 1. The summed E-state index contributed by atoms with van der Waals surface area (Å²) in [6.45, 7) is 5.32. The average molecular weight is 254 g/mol. The second-order valence-electron chi connectivity index (χ2n) is 4.83. The number of carboxylic acid groups (broad SMARTS) is 1. The van der Waals surface area contributed by atoms with Crippen molar-refractivity contribution in [2.75, 3.05) is 5.32 Å². The Morgan fingerprint density at radius 2 is 1.89 bits per heavy atom. The van der Waals surface area contributed by atoms with E-state index in [9.17, 15) is 14.0 Å². The van der Waals surface area contributed by atoms with Crippen LogP contribution in [-0.4, -0.2) is 22.6 Å². The predicted octanol–water partition coefficient (Wildman–Crippen LogP) is 2.44. The van der Waals surface area contributed by atoms with E-state index < -0.39 is 23.4 Å². The third-order valence-corrected chi connectivity index (χ3v) is 1.95. The molecule has 1 aromatic carbocycles. The van der Waals surface area contributed by atoms with Crippen molar-refractivity contribution in [2.45, 2.75) is 26.3 Å². The van der Waals surface area contributed by atoms with Gasteiger partial charge in [-0.2, -0.15) is 0 Å². The number of carbonyl (C=O) groups is 2. The minimum atomic E-state index is -1.19. The lowest BCUT2D eigenvalue weighted by Gasteiger charge is -2.20. The molecule has 1 rings (SSSR count). The summed E-state index contributed by atoms with van der Waals surface area (Å²) < 4.78 is 13.4. The highest BCUT2D eigenvalue weighted by Crippen LogP contribution is 2.16. The summed E-state index contributed by atoms with van der Waals surface area (Å²) in [5.74, 6) is -1.88. The number of anilines is 1. The number of aromatic carboxylic acids is 1. The van der Waals surface area contributed by atoms with Gasteiger partial charge in [0, 0.05) is 5.54 Å². The van der Waals surface area contributed by atoms with Crippen LogP contribution in [0.15, 0.2) is 18.2 Å². The van der Waals surface area contributed by atoms with E-state index in [1.54, 1.807) is 20.8 Å². The molecule has 0 atom stereocenters. The summed E-state index contributed by atoms with van der Waals surface area (Å²) in [4.78, 5) is 22.3. The van der Waals surface area contributed by atoms with Crippen LogP contribution in [0.1, 0.15) is 31.1 Å². The normalized spacial score (nSPS) is 10.9. The van der Waals surface area contributed by atoms with E-state index in [-0.39, 0.29) is 11.3 Å². The van der Waals surface area contributed by atoms with Crippen molar-refractivity contribution >= 4 is 17.7 Å². The molecule has 0 radical (unpaired) electrons. The number of carbonyl (C=O) groups excluding carboxylic acids is 1. The summed E-state index contributed by atoms with van der Waals surface area (Å²) in [5.41, 5.74) is -0.732. The summed E-state index contributed by atoms with van der Waals surface area (Å²) in [6.07, 6.45) is 0. The van der Waals surface area contributed by atoms with E-state index >= 15 is 0 Å². The Morgan fingerprint density at radius 1 is 1.28 bits per heavy atom. The molecule has 0 fully saturated rings. The molecule has 0 saturated carbocycles. The topological polar surface area (TPSA) is 78.4 Å². The molecule has 0 aliphatic carbocycles. The molecule has 0 bridgehead atoms. The van der Waals surface area contributed by atoms with Crippen LogP contribution >= 0.6 is 0 Å². The smallest absolute Gasteiger partial charge is 0.335 e. The lowest BCUT2D eigenvalue weighted by atomic mass is 10.1. The summed E-state index contributed by atoms with van der Waals surface area (Å²) in [6, 6.07) is 2.60. The Labute approximate surface area is 104 Å². The van der Waals surface area contributed by atoms with Gasteiger partial charge in [0.05, 0.1) is 11.3 Å². The molecule has 0 spiro atoms. The zero-order valence-corrected chi connectivity index (χ0v) is 10.4. The van der Waals surface area contributed by atoms with Gasteiger partial charge in [0.1, 0.15) is 5.82 Å². The number of carboxylic acids is 1. The molecular weight excluding hydrogens is 239 g/mol. The standard InChI is InChI=1S/C12H15FN2O3/c1-12(2,3)15-11(18)14-9-6-7(10(16)17)4-5-8(9)13/h4-6H,1-3H3,(H,16,17)(H2,14,15,18). The highest BCUT2D eigenvalue weighted by molar-refractivity contribution is 5.93. The van der Waals surface area contributed by atoms with Gasteiger partial charge in [-0.1, -0.05) is 0 Å². The number of amides is 2. The fourth-order valence-corrected chi connectivity index (χ4v) is 1.25. The second-order valence-corrected chi connectivity index (χ2v) is 4.83. The van der Waals surface area contributed by atoms with Gasteiger partial charge in [-0.3, -0.25) is 0 Å². The Hall–Kier alpha value is -2.11. The van der Waals surface area contributed by atoms with Crippen molar-refractivity contribution in [3.05, 3.63) is 29.6 Å². The van der Waals surface area contributed by atoms with Crippen LogP contribution in [0, 0.1) is 5.82 Å². The van der Waals surface area contributed by atoms with Gasteiger partial charge in [-0.15, -0.1) is 0 Å². The van der Waals surface area contributed by atoms with Crippen LogP contribution in [0.4, 0.5) is 14.9 Å². The second kappa shape index (κ2) is 5.03. The van der Waals surface area contributed by atoms with Crippen LogP contribution in [0.2, 0.25) is 0 Å². The molecule has 0 unspecified atom stereocenters. The monoisotopic (exact) mass is 254 g/mol. The van der Waals surface area contributed by atoms with Crippen LogP contribution < -0.4 is 10.6 Å². The Kier molecular flexibility index (Phi) is 3.90. The largest absolute Gasteiger partial charge is 0.478 e. The quantitative estimate of drug-likeness (QED) is 0.758. The maximum atomic E-state index is 13.4. The molecule has 5 nitrogen and oxygen atoms in total. The van der Waals surface area contributed by atoms with Crippen molar-refractivity contribution in [1.29, 1.82) is 0 Å². The molecule has 0 saturated heterocycles. The third-order valence-electron chi connectivity index (χ3n) is 1.95. The number of hydrogen-bond donors (Lipinski definition) is 3. The van der Waals surface area contributed by atoms with Crippen molar-refractivity contribution < 1.29 is 19.1 Å². The van der Waals surface area contributed by atoms with E-state index in [2.05, 4.69) is 10.6 Å². The van der Waals surface area contributed by atoms with E-state index in [0.29, 0.717) is 0 Å². The lowest BCUT2D eigenvalue weighted by molar-refractivity contribution is 0.0697. The number of halogens is 1. The van der Waals surface area contributed by atoms with Crippen molar-refractivity contribution in [1.82, 2.24) is 5.32 Å². The number of hydrogen-bond acceptors (Lipinski definition) is 2. The van der Waals surface area contributed by atoms with Crippen LogP contribution in [-0.2, 0) is 0 Å². The zero-order chi connectivity index (χ0) is 13.9. The number of benzene rings is 1. The third kappa shape index (κ3) is 4.04. The molecule has 0 heterocycles. The molecule has 0 aromatic heterocycles. The minimum Gasteiger partial charge on any atom is -0.478 e. The molecule has 18 heavy (non-hydrogen) atoms. The fraction of sp³-hybridized carbons (Fsp3) is 0.333. The summed E-state index contributed by atoms with van der Waals surface area (Å²) in [7, 11) is 0. The van der Waals surface area contributed by atoms with Gasteiger partial charge in [0.25, 0.3) is 0 Å². The first kappa shape index (κ1) is 14.0. The Bertz CT molecular complexity index is 481. The van der Waals surface area contributed by atoms with E-state index in [4.69, 9.17) is 5.11 Å². The first-order valence-corrected chi connectivity index (χ1v) is 5.31. The highest BCUT2D eigenvalue weighted by atomic mass is 19.1. The molecule has 0 aliphatic rings. The first-order valence-electron chi connectivity index (χ1n) is 5.31. The SMILES string of the molecule is CC(C)(C)NC(=O)Nc1cc(C(=O)O)ccc1F. The summed E-state index contributed by atoms with van der Waals surface area (Å²) >= 11 is 0. The van der Waals surface area contributed by atoms with Crippen molar-refractivity contribution in [3.63, 3.8) is 0 Å². The van der Waals surface area contributed by atoms with Gasteiger partial charge in [-0.25, -0.2) is 14.0 Å². The van der Waals surface area contributed by atoms with Gasteiger partial charge < -0.3 is 15.7 Å². The van der Waals surface area contributed by atoms with Crippen LogP contribution in [0.3, 0.4) is 0 Å². The minimum absolute atomic E-state index is 0.0949. The van der Waals surface area contributed by atoms with Crippen LogP contribution in [0.5, 0.6) is 0 Å². The predicted molar refractivity (Wildman–Crippen MR) is 65.3 cm³/mol. The highest BCUT2D eigenvalue weighted by Gasteiger charge is 2.15. The molecule has 98 valence electrons. The molecule has 1 aromatic rings. The fourth-order valence-electron chi connectivity index (χ4n) is 1.25. The molecule has 0 aliphatic heterocycles. The van der Waals surface area contributed by atoms with E-state index in [0.717, 1.165) is 18.2 Å². The lowest BCUT2D eigenvalue weighted by Crippen LogP contribution is -2.43. The maximum absolute atomic E-state index is 13.4. The van der Waals surface area contributed by atoms with Crippen molar-refractivity contribution in [2.24, 2.45) is 0 Å². The number of rotatable bonds is 2. The van der Waals surface area contributed by atoms with E-state index in [1.165, 1.54) is 0 Å². The number of nitrogens with one attached hydrogen (secondary N) is 2. The Balaban J connectivity index is 2.87. The van der Waals surface area contributed by atoms with Gasteiger partial charge >= 0.3 is 12.0 Å². The van der Waals surface area contributed by atoms with Gasteiger partial charge in [0.15, 0.2) is 0 Å². The summed E-state index contributed by atoms with van der Waals surface area (Å²) in [5, 5.41) is 13.6. The first-order chi connectivity index (χ1) is 8.19. The molecular formula is C12H15FN2O3. The van der Waals surface area contributed by atoms with Crippen LogP contribution in [0.25, 0.3) is 0 Å². The van der Waals surface area contributed by atoms with Gasteiger partial charge in [-0.05, 0) is 39.0 Å².